The minimum atomic E-state index is -4.21. The third-order valence-corrected chi connectivity index (χ3v) is 6.82. The Morgan fingerprint density at radius 1 is 0.971 bits per heavy atom. The van der Waals surface area contributed by atoms with Crippen molar-refractivity contribution in [1.82, 2.24) is 0 Å². The van der Waals surface area contributed by atoms with Crippen LogP contribution in [0.25, 0.3) is 10.8 Å². The molecule has 0 radical (unpaired) electrons. The van der Waals surface area contributed by atoms with Crippen molar-refractivity contribution in [3.63, 3.8) is 0 Å². The van der Waals surface area contributed by atoms with Crippen LogP contribution in [0, 0.1) is 24.0 Å². The normalized spacial score (nSPS) is 11.6. The van der Waals surface area contributed by atoms with Crippen molar-refractivity contribution < 1.29 is 18.4 Å². The number of hydrazone groups is 1. The Hall–Kier alpha value is -4.44. The summed E-state index contributed by atoms with van der Waals surface area (Å²) in [5, 5.41) is 27.4. The van der Waals surface area contributed by atoms with E-state index in [1.54, 1.807) is 31.2 Å². The van der Waals surface area contributed by atoms with Gasteiger partial charge in [0, 0.05) is 17.7 Å². The zero-order valence-electron chi connectivity index (χ0n) is 18.9. The summed E-state index contributed by atoms with van der Waals surface area (Å²) in [7, 11) is -4.21. The van der Waals surface area contributed by atoms with Crippen molar-refractivity contribution >= 4 is 44.1 Å². The fourth-order valence-corrected chi connectivity index (χ4v) is 4.96. The van der Waals surface area contributed by atoms with Crippen LogP contribution in [0.1, 0.15) is 16.7 Å². The number of aryl methyl sites for hydroxylation is 2. The van der Waals surface area contributed by atoms with E-state index in [4.69, 9.17) is 0 Å². The molecule has 0 bridgehead atoms. The Morgan fingerprint density at radius 2 is 1.71 bits per heavy atom. The summed E-state index contributed by atoms with van der Waals surface area (Å²) < 4.78 is 29.0. The molecular formula is C25H22N4O5S. The lowest BCUT2D eigenvalue weighted by Gasteiger charge is -2.14. The van der Waals surface area contributed by atoms with Crippen LogP contribution < -0.4 is 10.1 Å². The highest BCUT2D eigenvalue weighted by atomic mass is 32.2. The third-order valence-electron chi connectivity index (χ3n) is 5.42. The number of rotatable bonds is 7. The Labute approximate surface area is 201 Å². The molecule has 4 aromatic carbocycles. The van der Waals surface area contributed by atoms with Crippen molar-refractivity contribution in [3.8, 4) is 5.75 Å². The molecule has 0 unspecified atom stereocenters. The van der Waals surface area contributed by atoms with Crippen molar-refractivity contribution in [2.75, 3.05) is 10.1 Å². The number of sulfonamides is 1. The lowest BCUT2D eigenvalue weighted by molar-refractivity contribution is -0.385. The number of nitrogens with one attached hydrogen (secondary N) is 2. The number of non-ortho nitro benzene ring substituents is 1. The maximum atomic E-state index is 13.2. The van der Waals surface area contributed by atoms with Gasteiger partial charge in [0.1, 0.15) is 10.6 Å². The van der Waals surface area contributed by atoms with Gasteiger partial charge in [-0.25, -0.2) is 8.42 Å². The SMILES string of the molecule is Cc1ccc(NS(=O)(=O)c2cc([N+](=O)[O-])ccc2NN=Cc2c(O)ccc3ccccc23)c(C)c1. The molecule has 3 N–H and O–H groups in total. The maximum Gasteiger partial charge on any atom is 0.270 e. The number of benzene rings is 4. The van der Waals surface area contributed by atoms with E-state index in [2.05, 4.69) is 15.2 Å². The van der Waals surface area contributed by atoms with E-state index in [-0.39, 0.29) is 22.0 Å². The molecule has 35 heavy (non-hydrogen) atoms. The van der Waals surface area contributed by atoms with Gasteiger partial charge in [0.25, 0.3) is 15.7 Å². The molecule has 0 aromatic heterocycles. The van der Waals surface area contributed by atoms with Crippen LogP contribution in [0.4, 0.5) is 17.1 Å². The van der Waals surface area contributed by atoms with Gasteiger partial charge in [0.15, 0.2) is 0 Å². The third kappa shape index (κ3) is 5.07. The van der Waals surface area contributed by atoms with E-state index >= 15 is 0 Å². The first-order valence-electron chi connectivity index (χ1n) is 10.5. The molecule has 0 atom stereocenters. The first-order chi connectivity index (χ1) is 16.7. The average Bonchev–Trinajstić information content (AvgIpc) is 2.82. The zero-order valence-corrected chi connectivity index (χ0v) is 19.7. The van der Waals surface area contributed by atoms with Gasteiger partial charge in [0.2, 0.25) is 0 Å². The highest BCUT2D eigenvalue weighted by molar-refractivity contribution is 7.92. The number of aromatic hydroxyl groups is 1. The molecular weight excluding hydrogens is 468 g/mol. The van der Waals surface area contributed by atoms with E-state index in [0.717, 1.165) is 22.4 Å². The summed E-state index contributed by atoms with van der Waals surface area (Å²) >= 11 is 0. The van der Waals surface area contributed by atoms with Crippen LogP contribution >= 0.6 is 0 Å². The van der Waals surface area contributed by atoms with Crippen LogP contribution in [0.2, 0.25) is 0 Å². The quantitative estimate of drug-likeness (QED) is 0.182. The second-order valence-electron chi connectivity index (χ2n) is 7.95. The number of phenolic OH excluding ortho intramolecular Hbond substituents is 1. The molecule has 0 fully saturated rings. The predicted octanol–water partition coefficient (Wildman–Crippen LogP) is 5.32. The maximum absolute atomic E-state index is 13.2. The molecule has 4 rings (SSSR count). The summed E-state index contributed by atoms with van der Waals surface area (Å²) in [4.78, 5) is 10.3. The Kier molecular flexibility index (Phi) is 6.39. The molecule has 0 saturated carbocycles. The smallest absolute Gasteiger partial charge is 0.270 e. The topological polar surface area (TPSA) is 134 Å². The number of nitro groups is 1. The molecule has 4 aromatic rings. The van der Waals surface area contributed by atoms with Gasteiger partial charge in [-0.15, -0.1) is 0 Å². The van der Waals surface area contributed by atoms with Crippen LogP contribution in [-0.4, -0.2) is 24.7 Å². The number of hydrogen-bond acceptors (Lipinski definition) is 7. The van der Waals surface area contributed by atoms with Gasteiger partial charge in [-0.3, -0.25) is 20.3 Å². The second kappa shape index (κ2) is 9.43. The predicted molar refractivity (Wildman–Crippen MR) is 137 cm³/mol. The van der Waals surface area contributed by atoms with E-state index in [0.29, 0.717) is 16.8 Å². The van der Waals surface area contributed by atoms with Gasteiger partial charge >= 0.3 is 0 Å². The Bertz CT molecular complexity index is 1580. The number of anilines is 2. The van der Waals surface area contributed by atoms with Crippen molar-refractivity contribution in [3.05, 3.63) is 99.6 Å². The molecule has 0 aliphatic rings. The van der Waals surface area contributed by atoms with Crippen LogP contribution in [0.5, 0.6) is 5.75 Å². The first-order valence-corrected chi connectivity index (χ1v) is 12.0. The van der Waals surface area contributed by atoms with Gasteiger partial charge in [-0.1, -0.05) is 48.0 Å². The molecule has 0 heterocycles. The lowest BCUT2D eigenvalue weighted by Crippen LogP contribution is -2.16. The monoisotopic (exact) mass is 490 g/mol. The summed E-state index contributed by atoms with van der Waals surface area (Å²) in [6, 6.07) is 19.4. The summed E-state index contributed by atoms with van der Waals surface area (Å²) in [5.74, 6) is 0.00214. The van der Waals surface area contributed by atoms with Gasteiger partial charge in [0.05, 0.1) is 22.5 Å². The number of hydrogen-bond donors (Lipinski definition) is 3. The van der Waals surface area contributed by atoms with E-state index in [1.807, 2.05) is 37.3 Å². The number of phenols is 1. The van der Waals surface area contributed by atoms with E-state index < -0.39 is 14.9 Å². The molecule has 178 valence electrons. The average molecular weight is 491 g/mol. The van der Waals surface area contributed by atoms with Crippen LogP contribution in [0.3, 0.4) is 0 Å². The van der Waals surface area contributed by atoms with Gasteiger partial charge in [-0.2, -0.15) is 5.10 Å². The van der Waals surface area contributed by atoms with Crippen molar-refractivity contribution in [2.45, 2.75) is 18.7 Å². The minimum Gasteiger partial charge on any atom is -0.507 e. The highest BCUT2D eigenvalue weighted by Crippen LogP contribution is 2.30. The molecule has 0 aliphatic carbocycles. The van der Waals surface area contributed by atoms with Crippen LogP contribution in [-0.2, 0) is 10.0 Å². The number of fused-ring (bicyclic) bond motifs is 1. The van der Waals surface area contributed by atoms with E-state index in [1.165, 1.54) is 18.3 Å². The molecule has 0 saturated heterocycles. The van der Waals surface area contributed by atoms with Crippen molar-refractivity contribution in [2.24, 2.45) is 5.10 Å². The largest absolute Gasteiger partial charge is 0.507 e. The second-order valence-corrected chi connectivity index (χ2v) is 9.60. The summed E-state index contributed by atoms with van der Waals surface area (Å²) in [6.07, 6.45) is 1.37. The van der Waals surface area contributed by atoms with Crippen LogP contribution in [0.15, 0.2) is 82.8 Å². The zero-order chi connectivity index (χ0) is 25.2. The summed E-state index contributed by atoms with van der Waals surface area (Å²) in [6.45, 7) is 3.65. The number of nitrogens with zero attached hydrogens (tertiary/aromatic N) is 2. The Balaban J connectivity index is 1.71. The highest BCUT2D eigenvalue weighted by Gasteiger charge is 2.23. The minimum absolute atomic E-state index is 0.00214. The fraction of sp³-hybridized carbons (Fsp3) is 0.0800. The molecule has 10 heteroatoms. The molecule has 0 aliphatic heterocycles. The van der Waals surface area contributed by atoms with Gasteiger partial charge in [-0.05, 0) is 48.4 Å². The first kappa shape index (κ1) is 23.7. The van der Waals surface area contributed by atoms with Crippen molar-refractivity contribution in [1.29, 1.82) is 0 Å². The van der Waals surface area contributed by atoms with E-state index in [9.17, 15) is 23.6 Å². The molecule has 9 nitrogen and oxygen atoms in total. The Morgan fingerprint density at radius 3 is 2.46 bits per heavy atom. The standard InChI is InChI=1S/C25H22N4O5S/c1-16-7-10-22(17(2)13-16)28-35(33,34)25-14-19(29(31)32)9-11-23(25)27-26-15-21-20-6-4-3-5-18(20)8-12-24(21)30/h3-15,27-28,30H,1-2H3. The summed E-state index contributed by atoms with van der Waals surface area (Å²) in [5.41, 5.74) is 4.77. The molecule has 0 amide bonds. The lowest BCUT2D eigenvalue weighted by atomic mass is 10.0. The fourth-order valence-electron chi connectivity index (χ4n) is 3.65. The molecule has 0 spiro atoms. The number of nitro benzene ring substituents is 1. The van der Waals surface area contributed by atoms with Gasteiger partial charge < -0.3 is 5.11 Å².